The molecule has 1 unspecified atom stereocenters. The Hall–Kier alpha value is -3.80. The van der Waals surface area contributed by atoms with E-state index in [9.17, 15) is 19.7 Å². The van der Waals surface area contributed by atoms with Crippen LogP contribution in [0.15, 0.2) is 85.1 Å². The van der Waals surface area contributed by atoms with E-state index in [1.165, 1.54) is 12.1 Å². The van der Waals surface area contributed by atoms with Crippen molar-refractivity contribution in [2.75, 3.05) is 6.54 Å². The molecule has 1 aliphatic rings. The maximum Gasteiger partial charge on any atom is 0.278 e. The maximum atomic E-state index is 12.9. The lowest BCUT2D eigenvalue weighted by Gasteiger charge is -2.24. The van der Waals surface area contributed by atoms with Gasteiger partial charge in [0.05, 0.1) is 22.1 Å². The molecule has 3 rings (SSSR count). The van der Waals surface area contributed by atoms with Gasteiger partial charge in [0.1, 0.15) is 0 Å². The van der Waals surface area contributed by atoms with Crippen molar-refractivity contribution in [3.05, 3.63) is 106 Å². The summed E-state index contributed by atoms with van der Waals surface area (Å²) in [6, 6.07) is 14.9. The number of allylic oxidation sites excluding steroid dienone is 3. The Morgan fingerprint density at radius 1 is 1.07 bits per heavy atom. The Bertz CT molecular complexity index is 1020. The van der Waals surface area contributed by atoms with E-state index < -0.39 is 16.6 Å². The highest BCUT2D eigenvalue weighted by atomic mass is 16.6. The minimum atomic E-state index is -0.903. The first-order chi connectivity index (χ1) is 14.0. The van der Waals surface area contributed by atoms with Gasteiger partial charge in [0.25, 0.3) is 5.69 Å². The van der Waals surface area contributed by atoms with E-state index in [1.807, 2.05) is 12.2 Å². The molecule has 0 aromatic heterocycles. The summed E-state index contributed by atoms with van der Waals surface area (Å²) in [5.41, 5.74) is 1.06. The molecule has 146 valence electrons. The number of nitro groups is 1. The van der Waals surface area contributed by atoms with Crippen LogP contribution in [0.3, 0.4) is 0 Å². The molecule has 6 nitrogen and oxygen atoms in total. The number of nitrogens with zero attached hydrogens (tertiary/aromatic N) is 2. The molecule has 1 aliphatic heterocycles. The standard InChI is InChI=1S/C23H20N2O4/c1-17(23(27)18-10-4-2-5-11-18)22(26)16-21(24-14-8-3-9-15-24)19-12-6-7-13-20(19)25(28)29/h2-14,16-17H,15H2,1H3/b21-16-. The fourth-order valence-electron chi connectivity index (χ4n) is 3.05. The number of Topliss-reactive ketones (excluding diaryl/α,β-unsaturated/α-hetero) is 1. The van der Waals surface area contributed by atoms with Gasteiger partial charge in [0, 0.05) is 30.5 Å². The molecule has 1 atom stereocenters. The minimum absolute atomic E-state index is 0.100. The lowest BCUT2D eigenvalue weighted by molar-refractivity contribution is -0.385. The molecule has 0 amide bonds. The molecular formula is C23H20N2O4. The first-order valence-corrected chi connectivity index (χ1v) is 9.17. The highest BCUT2D eigenvalue weighted by Crippen LogP contribution is 2.30. The molecule has 29 heavy (non-hydrogen) atoms. The van der Waals surface area contributed by atoms with E-state index in [0.29, 0.717) is 23.4 Å². The second-order valence-corrected chi connectivity index (χ2v) is 6.58. The van der Waals surface area contributed by atoms with Gasteiger partial charge < -0.3 is 4.90 Å². The average Bonchev–Trinajstić information content (AvgIpc) is 2.77. The molecule has 6 heteroatoms. The van der Waals surface area contributed by atoms with E-state index in [-0.39, 0.29) is 11.5 Å². The molecule has 0 aliphatic carbocycles. The van der Waals surface area contributed by atoms with Crippen LogP contribution in [-0.2, 0) is 4.79 Å². The summed E-state index contributed by atoms with van der Waals surface area (Å²) >= 11 is 0. The van der Waals surface area contributed by atoms with Crippen LogP contribution in [0.25, 0.3) is 5.70 Å². The lowest BCUT2D eigenvalue weighted by Crippen LogP contribution is -2.23. The van der Waals surface area contributed by atoms with Gasteiger partial charge in [-0.15, -0.1) is 0 Å². The average molecular weight is 388 g/mol. The number of hydrogen-bond acceptors (Lipinski definition) is 5. The van der Waals surface area contributed by atoms with Crippen LogP contribution in [0, 0.1) is 16.0 Å². The number of nitro benzene ring substituents is 1. The summed E-state index contributed by atoms with van der Waals surface area (Å²) in [4.78, 5) is 38.4. The highest BCUT2D eigenvalue weighted by Gasteiger charge is 2.25. The van der Waals surface area contributed by atoms with E-state index in [2.05, 4.69) is 0 Å². The first kappa shape index (κ1) is 19.9. The van der Waals surface area contributed by atoms with Crippen LogP contribution in [0.2, 0.25) is 0 Å². The Balaban J connectivity index is 2.00. The van der Waals surface area contributed by atoms with Crippen molar-refractivity contribution in [2.45, 2.75) is 6.92 Å². The molecule has 0 saturated heterocycles. The topological polar surface area (TPSA) is 80.5 Å². The summed E-state index contributed by atoms with van der Waals surface area (Å²) in [7, 11) is 0. The van der Waals surface area contributed by atoms with Crippen LogP contribution in [-0.4, -0.2) is 27.9 Å². The Labute approximate surface area is 168 Å². The van der Waals surface area contributed by atoms with E-state index >= 15 is 0 Å². The summed E-state index contributed by atoms with van der Waals surface area (Å²) in [5.74, 6) is -1.60. The van der Waals surface area contributed by atoms with Crippen molar-refractivity contribution in [3.8, 4) is 0 Å². The van der Waals surface area contributed by atoms with Crippen molar-refractivity contribution >= 4 is 23.0 Å². The van der Waals surface area contributed by atoms with Crippen LogP contribution in [0.1, 0.15) is 22.8 Å². The van der Waals surface area contributed by atoms with E-state index in [0.717, 1.165) is 0 Å². The molecule has 0 bridgehead atoms. The van der Waals surface area contributed by atoms with Crippen molar-refractivity contribution in [1.82, 2.24) is 4.90 Å². The smallest absolute Gasteiger partial charge is 0.278 e. The summed E-state index contributed by atoms with van der Waals surface area (Å²) in [5, 5.41) is 11.5. The zero-order valence-corrected chi connectivity index (χ0v) is 15.9. The first-order valence-electron chi connectivity index (χ1n) is 9.17. The lowest BCUT2D eigenvalue weighted by atomic mass is 9.94. The van der Waals surface area contributed by atoms with Crippen LogP contribution in [0.5, 0.6) is 0 Å². The maximum absolute atomic E-state index is 12.9. The molecule has 0 fully saturated rings. The number of benzene rings is 2. The number of carbonyl (C=O) groups is 2. The normalized spacial score (nSPS) is 14.5. The predicted molar refractivity (Wildman–Crippen MR) is 111 cm³/mol. The van der Waals surface area contributed by atoms with Crippen molar-refractivity contribution < 1.29 is 14.5 Å². The largest absolute Gasteiger partial charge is 0.343 e. The number of rotatable bonds is 7. The summed E-state index contributed by atoms with van der Waals surface area (Å²) < 4.78 is 0. The van der Waals surface area contributed by atoms with Gasteiger partial charge in [0.15, 0.2) is 11.6 Å². The molecule has 1 heterocycles. The quantitative estimate of drug-likeness (QED) is 0.231. The van der Waals surface area contributed by atoms with Gasteiger partial charge in [-0.25, -0.2) is 0 Å². The van der Waals surface area contributed by atoms with Crippen molar-refractivity contribution in [3.63, 3.8) is 0 Å². The monoisotopic (exact) mass is 388 g/mol. The summed E-state index contributed by atoms with van der Waals surface area (Å²) in [6.07, 6.45) is 8.61. The van der Waals surface area contributed by atoms with Crippen molar-refractivity contribution in [1.29, 1.82) is 0 Å². The van der Waals surface area contributed by atoms with E-state index in [4.69, 9.17) is 0 Å². The summed E-state index contributed by atoms with van der Waals surface area (Å²) in [6.45, 7) is 2.01. The number of carbonyl (C=O) groups excluding carboxylic acids is 2. The SMILES string of the molecule is CC(C(=O)/C=C(/c1ccccc1[N+](=O)[O-])N1C=CC=CC1)C(=O)c1ccccc1. The Morgan fingerprint density at radius 3 is 2.41 bits per heavy atom. The molecule has 2 aromatic carbocycles. The van der Waals surface area contributed by atoms with Crippen LogP contribution < -0.4 is 0 Å². The van der Waals surface area contributed by atoms with Crippen LogP contribution >= 0.6 is 0 Å². The molecule has 0 saturated carbocycles. The third-order valence-corrected chi connectivity index (χ3v) is 4.66. The molecular weight excluding hydrogens is 368 g/mol. The van der Waals surface area contributed by atoms with Gasteiger partial charge in [-0.05, 0) is 19.1 Å². The molecule has 0 N–H and O–H groups in total. The van der Waals surface area contributed by atoms with Gasteiger partial charge >= 0.3 is 0 Å². The number of hydrogen-bond donors (Lipinski definition) is 0. The van der Waals surface area contributed by atoms with Crippen molar-refractivity contribution in [2.24, 2.45) is 5.92 Å². The van der Waals surface area contributed by atoms with Gasteiger partial charge in [0.2, 0.25) is 0 Å². The van der Waals surface area contributed by atoms with Gasteiger partial charge in [-0.3, -0.25) is 19.7 Å². The predicted octanol–water partition coefficient (Wildman–Crippen LogP) is 4.41. The van der Waals surface area contributed by atoms with Gasteiger partial charge in [-0.2, -0.15) is 0 Å². The third kappa shape index (κ3) is 4.55. The zero-order valence-electron chi connectivity index (χ0n) is 15.9. The minimum Gasteiger partial charge on any atom is -0.343 e. The van der Waals surface area contributed by atoms with E-state index in [1.54, 1.807) is 72.6 Å². The van der Waals surface area contributed by atoms with Gasteiger partial charge in [-0.1, -0.05) is 54.6 Å². The number of para-hydroxylation sites is 1. The fourth-order valence-corrected chi connectivity index (χ4v) is 3.05. The second-order valence-electron chi connectivity index (χ2n) is 6.58. The fraction of sp³-hybridized carbons (Fsp3) is 0.130. The Morgan fingerprint density at radius 2 is 1.76 bits per heavy atom. The van der Waals surface area contributed by atoms with Crippen LogP contribution in [0.4, 0.5) is 5.69 Å². The molecule has 2 aromatic rings. The number of ketones is 2. The molecule has 0 spiro atoms. The highest BCUT2D eigenvalue weighted by molar-refractivity contribution is 6.15. The molecule has 0 radical (unpaired) electrons. The Kier molecular flexibility index (Phi) is 6.14. The second kappa shape index (κ2) is 8.93. The zero-order chi connectivity index (χ0) is 20.8. The third-order valence-electron chi connectivity index (χ3n) is 4.66.